The quantitative estimate of drug-likeness (QED) is 0.744. The molecular formula is C14H21N3. The minimum atomic E-state index is 0.352. The van der Waals surface area contributed by atoms with Gasteiger partial charge >= 0.3 is 0 Å². The van der Waals surface area contributed by atoms with Gasteiger partial charge in [-0.05, 0) is 31.4 Å². The molecule has 92 valence electrons. The van der Waals surface area contributed by atoms with Gasteiger partial charge in [-0.2, -0.15) is 0 Å². The molecular weight excluding hydrogens is 210 g/mol. The van der Waals surface area contributed by atoms with Gasteiger partial charge in [-0.3, -0.25) is 0 Å². The summed E-state index contributed by atoms with van der Waals surface area (Å²) in [4.78, 5) is 7.02. The van der Waals surface area contributed by atoms with E-state index in [1.165, 1.54) is 44.2 Å². The molecule has 0 amide bonds. The van der Waals surface area contributed by atoms with Crippen LogP contribution in [0.4, 0.5) is 11.5 Å². The summed E-state index contributed by atoms with van der Waals surface area (Å²) in [5.41, 5.74) is 1.54. The first kappa shape index (κ1) is 10.9. The number of nitrogens with zero attached hydrogens (tertiary/aromatic N) is 2. The van der Waals surface area contributed by atoms with E-state index < -0.39 is 0 Å². The minimum Gasteiger partial charge on any atom is -0.382 e. The summed E-state index contributed by atoms with van der Waals surface area (Å²) in [6, 6.07) is 4.15. The fourth-order valence-electron chi connectivity index (χ4n) is 3.42. The van der Waals surface area contributed by atoms with Crippen LogP contribution in [0.5, 0.6) is 0 Å². The fourth-order valence-corrected chi connectivity index (χ4v) is 3.42. The summed E-state index contributed by atoms with van der Waals surface area (Å²) in [6.45, 7) is 1.07. The number of anilines is 2. The first-order valence-corrected chi connectivity index (χ1v) is 6.75. The van der Waals surface area contributed by atoms with Gasteiger partial charge in [-0.15, -0.1) is 0 Å². The average Bonchev–Trinajstić information content (AvgIpc) is 2.51. The van der Waals surface area contributed by atoms with Crippen molar-refractivity contribution in [1.29, 1.82) is 0 Å². The Kier molecular flexibility index (Phi) is 2.69. The molecule has 1 aliphatic heterocycles. The van der Waals surface area contributed by atoms with Gasteiger partial charge in [0.2, 0.25) is 0 Å². The highest BCUT2D eigenvalue weighted by atomic mass is 15.3. The van der Waals surface area contributed by atoms with E-state index in [-0.39, 0.29) is 0 Å². The Morgan fingerprint density at radius 2 is 2.06 bits per heavy atom. The van der Waals surface area contributed by atoms with Gasteiger partial charge in [0.1, 0.15) is 0 Å². The van der Waals surface area contributed by atoms with Gasteiger partial charge in [0.25, 0.3) is 0 Å². The molecule has 1 aliphatic carbocycles. The number of fused-ring (bicyclic) bond motifs is 1. The van der Waals surface area contributed by atoms with E-state index >= 15 is 0 Å². The molecule has 0 radical (unpaired) electrons. The first-order chi connectivity index (χ1) is 8.32. The zero-order chi connectivity index (χ0) is 11.7. The molecule has 0 unspecified atom stereocenters. The lowest BCUT2D eigenvalue weighted by atomic mass is 9.78. The standard InChI is InChI=1S/C14H21N3/c1-17-13-12(6-5-10-16-13)15-11-9-14(17)7-3-2-4-8-14/h5-6,10,15H,2-4,7-9,11H2,1H3. The Morgan fingerprint density at radius 1 is 1.24 bits per heavy atom. The Labute approximate surface area is 103 Å². The van der Waals surface area contributed by atoms with Crippen LogP contribution in [0.25, 0.3) is 0 Å². The summed E-state index contributed by atoms with van der Waals surface area (Å²) >= 11 is 0. The molecule has 0 atom stereocenters. The van der Waals surface area contributed by atoms with Crippen molar-refractivity contribution >= 4 is 11.5 Å². The molecule has 1 saturated carbocycles. The third-order valence-electron chi connectivity index (χ3n) is 4.51. The van der Waals surface area contributed by atoms with Crippen LogP contribution >= 0.6 is 0 Å². The Hall–Kier alpha value is -1.25. The molecule has 1 fully saturated rings. The van der Waals surface area contributed by atoms with Crippen LogP contribution in [0.15, 0.2) is 18.3 Å². The molecule has 2 aliphatic rings. The van der Waals surface area contributed by atoms with Crippen molar-refractivity contribution in [3.8, 4) is 0 Å². The Morgan fingerprint density at radius 3 is 2.88 bits per heavy atom. The highest BCUT2D eigenvalue weighted by molar-refractivity contribution is 5.67. The van der Waals surface area contributed by atoms with Gasteiger partial charge in [0.05, 0.1) is 5.69 Å². The van der Waals surface area contributed by atoms with Crippen molar-refractivity contribution in [2.24, 2.45) is 0 Å². The van der Waals surface area contributed by atoms with Gasteiger partial charge < -0.3 is 10.2 Å². The van der Waals surface area contributed by atoms with Gasteiger partial charge in [-0.1, -0.05) is 19.3 Å². The van der Waals surface area contributed by atoms with Crippen LogP contribution in [0.3, 0.4) is 0 Å². The van der Waals surface area contributed by atoms with E-state index in [1.54, 1.807) is 0 Å². The largest absolute Gasteiger partial charge is 0.382 e. The van der Waals surface area contributed by atoms with E-state index in [9.17, 15) is 0 Å². The summed E-state index contributed by atoms with van der Waals surface area (Å²) in [6.07, 6.45) is 9.91. The molecule has 0 bridgehead atoms. The molecule has 1 aromatic heterocycles. The number of hydrogen-bond acceptors (Lipinski definition) is 3. The highest BCUT2D eigenvalue weighted by Gasteiger charge is 2.38. The first-order valence-electron chi connectivity index (χ1n) is 6.75. The zero-order valence-electron chi connectivity index (χ0n) is 10.6. The zero-order valence-corrected chi connectivity index (χ0v) is 10.6. The molecule has 3 nitrogen and oxygen atoms in total. The maximum absolute atomic E-state index is 4.57. The maximum atomic E-state index is 4.57. The number of hydrogen-bond donors (Lipinski definition) is 1. The second kappa shape index (κ2) is 4.21. The maximum Gasteiger partial charge on any atom is 0.152 e. The molecule has 1 spiro atoms. The number of nitrogens with one attached hydrogen (secondary N) is 1. The number of rotatable bonds is 0. The molecule has 0 saturated heterocycles. The summed E-state index contributed by atoms with van der Waals surface area (Å²) in [7, 11) is 2.23. The summed E-state index contributed by atoms with van der Waals surface area (Å²) in [5.74, 6) is 1.13. The van der Waals surface area contributed by atoms with Crippen molar-refractivity contribution in [2.45, 2.75) is 44.1 Å². The van der Waals surface area contributed by atoms with Crippen molar-refractivity contribution in [3.63, 3.8) is 0 Å². The van der Waals surface area contributed by atoms with E-state index in [2.05, 4.69) is 28.3 Å². The molecule has 2 heterocycles. The van der Waals surface area contributed by atoms with Crippen LogP contribution < -0.4 is 10.2 Å². The van der Waals surface area contributed by atoms with Crippen LogP contribution in [0.2, 0.25) is 0 Å². The van der Waals surface area contributed by atoms with Crippen molar-refractivity contribution in [3.05, 3.63) is 18.3 Å². The van der Waals surface area contributed by atoms with Crippen LogP contribution in [-0.2, 0) is 0 Å². The van der Waals surface area contributed by atoms with E-state index in [4.69, 9.17) is 0 Å². The van der Waals surface area contributed by atoms with Crippen LogP contribution in [0, 0.1) is 0 Å². The molecule has 17 heavy (non-hydrogen) atoms. The third-order valence-corrected chi connectivity index (χ3v) is 4.51. The molecule has 1 aromatic rings. The normalized spacial score (nSPS) is 22.8. The predicted octanol–water partition coefficient (Wildman–Crippen LogP) is 3.04. The summed E-state index contributed by atoms with van der Waals surface area (Å²) < 4.78 is 0. The van der Waals surface area contributed by atoms with Crippen LogP contribution in [0.1, 0.15) is 38.5 Å². The van der Waals surface area contributed by atoms with E-state index in [0.717, 1.165) is 12.4 Å². The van der Waals surface area contributed by atoms with E-state index in [1.807, 2.05) is 12.3 Å². The lowest BCUT2D eigenvalue weighted by molar-refractivity contribution is 0.273. The van der Waals surface area contributed by atoms with Gasteiger partial charge in [0.15, 0.2) is 5.82 Å². The summed E-state index contributed by atoms with van der Waals surface area (Å²) in [5, 5.41) is 3.52. The average molecular weight is 231 g/mol. The van der Waals surface area contributed by atoms with Crippen LogP contribution in [-0.4, -0.2) is 24.1 Å². The second-order valence-corrected chi connectivity index (χ2v) is 5.40. The van der Waals surface area contributed by atoms with Crippen molar-refractivity contribution in [2.75, 3.05) is 23.8 Å². The Bertz CT molecular complexity index is 396. The number of pyridine rings is 1. The third kappa shape index (κ3) is 1.78. The minimum absolute atomic E-state index is 0.352. The topological polar surface area (TPSA) is 28.2 Å². The molecule has 1 N–H and O–H groups in total. The predicted molar refractivity (Wildman–Crippen MR) is 71.6 cm³/mol. The molecule has 0 aromatic carbocycles. The fraction of sp³-hybridized carbons (Fsp3) is 0.643. The highest BCUT2D eigenvalue weighted by Crippen LogP contribution is 2.41. The Balaban J connectivity index is 1.98. The SMILES string of the molecule is CN1c2ncccc2NCCC12CCCCC2. The molecule has 3 rings (SSSR count). The van der Waals surface area contributed by atoms with Crippen molar-refractivity contribution < 1.29 is 0 Å². The van der Waals surface area contributed by atoms with Gasteiger partial charge in [-0.25, -0.2) is 4.98 Å². The van der Waals surface area contributed by atoms with Gasteiger partial charge in [0, 0.05) is 25.3 Å². The number of aromatic nitrogens is 1. The lowest BCUT2D eigenvalue weighted by Gasteiger charge is -2.44. The smallest absolute Gasteiger partial charge is 0.152 e. The van der Waals surface area contributed by atoms with E-state index in [0.29, 0.717) is 5.54 Å². The molecule has 3 heteroatoms. The van der Waals surface area contributed by atoms with Crippen molar-refractivity contribution in [1.82, 2.24) is 4.98 Å². The second-order valence-electron chi connectivity index (χ2n) is 5.40. The monoisotopic (exact) mass is 231 g/mol. The lowest BCUT2D eigenvalue weighted by Crippen LogP contribution is -2.48.